The summed E-state index contributed by atoms with van der Waals surface area (Å²) >= 11 is 5.89. The Morgan fingerprint density at radius 3 is 2.61 bits per heavy atom. The number of nitrogens with zero attached hydrogens (tertiary/aromatic N) is 1. The van der Waals surface area contributed by atoms with Gasteiger partial charge in [0, 0.05) is 17.3 Å². The van der Waals surface area contributed by atoms with Gasteiger partial charge < -0.3 is 0 Å². The lowest BCUT2D eigenvalue weighted by molar-refractivity contribution is 0.565. The van der Waals surface area contributed by atoms with Crippen LogP contribution >= 0.6 is 11.6 Å². The first-order valence-electron chi connectivity index (χ1n) is 5.17. The maximum absolute atomic E-state index is 12.8. The van der Waals surface area contributed by atoms with Gasteiger partial charge in [-0.05, 0) is 29.8 Å². The van der Waals surface area contributed by atoms with E-state index >= 15 is 0 Å². The first-order chi connectivity index (χ1) is 8.70. The molecule has 0 fully saturated rings. The van der Waals surface area contributed by atoms with Gasteiger partial charge in [-0.3, -0.25) is 4.79 Å². The Morgan fingerprint density at radius 2 is 2.00 bits per heavy atom. The van der Waals surface area contributed by atoms with Crippen molar-refractivity contribution in [2.75, 3.05) is 0 Å². The van der Waals surface area contributed by atoms with E-state index in [0.29, 0.717) is 21.9 Å². The monoisotopic (exact) mass is 260 g/mol. The van der Waals surface area contributed by atoms with Gasteiger partial charge in [0.05, 0.1) is 0 Å². The highest BCUT2D eigenvalue weighted by molar-refractivity contribution is 6.31. The van der Waals surface area contributed by atoms with Gasteiger partial charge >= 0.3 is 0 Å². The van der Waals surface area contributed by atoms with E-state index in [0.717, 1.165) is 0 Å². The van der Waals surface area contributed by atoms with Gasteiger partial charge in [0.15, 0.2) is 0 Å². The molecule has 0 spiro atoms. The zero-order valence-electron chi connectivity index (χ0n) is 9.23. The van der Waals surface area contributed by atoms with E-state index in [4.69, 9.17) is 11.6 Å². The first-order valence-corrected chi connectivity index (χ1v) is 5.55. The van der Waals surface area contributed by atoms with Gasteiger partial charge in [-0.15, -0.1) is 0 Å². The minimum atomic E-state index is -0.358. The van der Waals surface area contributed by atoms with Crippen molar-refractivity contribution in [1.29, 1.82) is 0 Å². The lowest BCUT2D eigenvalue weighted by atomic mass is 10.0. The first kappa shape index (κ1) is 12.5. The molecule has 18 heavy (non-hydrogen) atoms. The molecule has 1 aromatic carbocycles. The zero-order chi connectivity index (χ0) is 13.0. The number of pyridine rings is 1. The van der Waals surface area contributed by atoms with Crippen molar-refractivity contribution in [2.45, 2.75) is 0 Å². The van der Waals surface area contributed by atoms with Gasteiger partial charge in [-0.1, -0.05) is 29.8 Å². The Labute approximate surface area is 109 Å². The Balaban J connectivity index is 2.43. The van der Waals surface area contributed by atoms with Gasteiger partial charge in [-0.25, -0.2) is 9.37 Å². The summed E-state index contributed by atoms with van der Waals surface area (Å²) in [6.45, 7) is 0. The summed E-state index contributed by atoms with van der Waals surface area (Å²) in [5.41, 5.74) is 1.48. The molecule has 0 aliphatic carbocycles. The number of aromatic nitrogens is 1. The smallest absolute Gasteiger partial charge is 0.234 e. The fourth-order valence-corrected chi connectivity index (χ4v) is 1.64. The van der Waals surface area contributed by atoms with Crippen LogP contribution in [0.1, 0.15) is 11.1 Å². The predicted octanol–water partition coefficient (Wildman–Crippen LogP) is 3.52. The molecule has 0 unspecified atom stereocenters. The van der Waals surface area contributed by atoms with Crippen LogP contribution in [0.5, 0.6) is 0 Å². The third-order valence-electron chi connectivity index (χ3n) is 2.35. The third-order valence-corrected chi connectivity index (χ3v) is 2.67. The molecule has 2 rings (SSSR count). The second-order valence-corrected chi connectivity index (χ2v) is 3.91. The van der Waals surface area contributed by atoms with E-state index in [1.165, 1.54) is 24.3 Å². The number of halogens is 2. The highest BCUT2D eigenvalue weighted by Crippen LogP contribution is 2.20. The average molecular weight is 261 g/mol. The summed E-state index contributed by atoms with van der Waals surface area (Å²) in [5.74, 6) is -0.358. The number of hydrogen-bond donors (Lipinski definition) is 0. The van der Waals surface area contributed by atoms with Crippen LogP contribution in [0.4, 0.5) is 4.39 Å². The summed E-state index contributed by atoms with van der Waals surface area (Å²) in [4.78, 5) is 14.9. The molecule has 0 saturated heterocycles. The van der Waals surface area contributed by atoms with Crippen LogP contribution in [-0.4, -0.2) is 11.3 Å². The highest BCUT2D eigenvalue weighted by Gasteiger charge is 2.04. The predicted molar refractivity (Wildman–Crippen MR) is 69.2 cm³/mol. The van der Waals surface area contributed by atoms with E-state index < -0.39 is 0 Å². The standard InChI is InChI=1S/C14H8ClFNO/c15-14-11(2-1-7-17-14)8-12(9-18)10-3-5-13(16)6-4-10/h1-8H/b12-8-. The number of rotatable bonds is 3. The van der Waals surface area contributed by atoms with Crippen LogP contribution in [0.15, 0.2) is 42.6 Å². The molecule has 0 aliphatic heterocycles. The molecule has 0 saturated carbocycles. The largest absolute Gasteiger partial charge is 0.285 e. The van der Waals surface area contributed by atoms with Gasteiger partial charge in [-0.2, -0.15) is 0 Å². The molecule has 1 radical (unpaired) electrons. The number of hydrogen-bond acceptors (Lipinski definition) is 2. The van der Waals surface area contributed by atoms with Crippen molar-refractivity contribution in [3.05, 3.63) is 64.7 Å². The van der Waals surface area contributed by atoms with Crippen molar-refractivity contribution in [3.8, 4) is 0 Å². The normalized spacial score (nSPS) is 11.3. The summed E-state index contributed by atoms with van der Waals surface area (Å²) in [7, 11) is 0. The van der Waals surface area contributed by atoms with Crippen molar-refractivity contribution >= 4 is 29.5 Å². The molecule has 89 valence electrons. The highest BCUT2D eigenvalue weighted by atomic mass is 35.5. The fourth-order valence-electron chi connectivity index (χ4n) is 1.46. The molecule has 4 heteroatoms. The van der Waals surface area contributed by atoms with Crippen LogP contribution in [0.25, 0.3) is 11.6 Å². The molecule has 0 bridgehead atoms. The lowest BCUT2D eigenvalue weighted by Crippen LogP contribution is -1.88. The molecule has 2 aromatic rings. The molecule has 2 nitrogen and oxygen atoms in total. The average Bonchev–Trinajstić information content (AvgIpc) is 2.39. The Kier molecular flexibility index (Phi) is 3.85. The molecule has 1 aromatic heterocycles. The van der Waals surface area contributed by atoms with Gasteiger partial charge in [0.2, 0.25) is 6.29 Å². The van der Waals surface area contributed by atoms with Crippen LogP contribution < -0.4 is 0 Å². The minimum Gasteiger partial charge on any atom is -0.285 e. The molecule has 0 atom stereocenters. The number of carbonyl (C=O) groups excluding carboxylic acids is 1. The van der Waals surface area contributed by atoms with E-state index in [2.05, 4.69) is 4.98 Å². The van der Waals surface area contributed by atoms with Crippen LogP contribution in [0, 0.1) is 5.82 Å². The topological polar surface area (TPSA) is 30.0 Å². The van der Waals surface area contributed by atoms with E-state index in [-0.39, 0.29) is 5.82 Å². The molecular weight excluding hydrogens is 253 g/mol. The van der Waals surface area contributed by atoms with E-state index in [1.807, 2.05) is 6.29 Å². The summed E-state index contributed by atoms with van der Waals surface area (Å²) in [6.07, 6.45) is 4.94. The van der Waals surface area contributed by atoms with Crippen LogP contribution in [-0.2, 0) is 4.79 Å². The van der Waals surface area contributed by atoms with Crippen molar-refractivity contribution < 1.29 is 9.18 Å². The maximum atomic E-state index is 12.8. The molecule has 0 N–H and O–H groups in total. The van der Waals surface area contributed by atoms with Crippen LogP contribution in [0.3, 0.4) is 0 Å². The second-order valence-electron chi connectivity index (χ2n) is 3.55. The minimum absolute atomic E-state index is 0.296. The molecular formula is C14H8ClFNO. The Hall–Kier alpha value is -2.00. The Bertz CT molecular complexity index is 593. The summed E-state index contributed by atoms with van der Waals surface area (Å²) < 4.78 is 12.8. The lowest BCUT2D eigenvalue weighted by Gasteiger charge is -2.01. The quantitative estimate of drug-likeness (QED) is 0.624. The Morgan fingerprint density at radius 1 is 1.28 bits per heavy atom. The molecule has 0 aliphatic rings. The number of benzene rings is 1. The van der Waals surface area contributed by atoms with Crippen LogP contribution in [0.2, 0.25) is 5.15 Å². The SMILES string of the molecule is O=[C]/C(=C/c1cccnc1Cl)c1ccc(F)cc1. The summed E-state index contributed by atoms with van der Waals surface area (Å²) in [5, 5.41) is 0.298. The second kappa shape index (κ2) is 5.56. The van der Waals surface area contributed by atoms with Gasteiger partial charge in [0.25, 0.3) is 0 Å². The maximum Gasteiger partial charge on any atom is 0.234 e. The molecule has 0 amide bonds. The van der Waals surface area contributed by atoms with E-state index in [1.54, 1.807) is 24.4 Å². The summed E-state index contributed by atoms with van der Waals surface area (Å²) in [6, 6.07) is 9.03. The van der Waals surface area contributed by atoms with Crippen molar-refractivity contribution in [2.24, 2.45) is 0 Å². The molecule has 1 heterocycles. The van der Waals surface area contributed by atoms with Gasteiger partial charge in [0.1, 0.15) is 11.0 Å². The number of allylic oxidation sites excluding steroid dienone is 1. The van der Waals surface area contributed by atoms with Crippen molar-refractivity contribution in [1.82, 2.24) is 4.98 Å². The third kappa shape index (κ3) is 2.81. The van der Waals surface area contributed by atoms with Crippen molar-refractivity contribution in [3.63, 3.8) is 0 Å². The zero-order valence-corrected chi connectivity index (χ0v) is 9.99. The van der Waals surface area contributed by atoms with E-state index in [9.17, 15) is 9.18 Å². The fraction of sp³-hybridized carbons (Fsp3) is 0.